The Morgan fingerprint density at radius 2 is 2.18 bits per heavy atom. The second-order valence-electron chi connectivity index (χ2n) is 3.56. The van der Waals surface area contributed by atoms with Crippen LogP contribution in [0.3, 0.4) is 0 Å². The Kier molecular flexibility index (Phi) is 3.81. The molecule has 17 heavy (non-hydrogen) atoms. The molecule has 5 heteroatoms. The number of methoxy groups -OCH3 is 1. The van der Waals surface area contributed by atoms with E-state index in [0.717, 1.165) is 12.0 Å². The third kappa shape index (κ3) is 2.49. The number of rotatable bonds is 2. The van der Waals surface area contributed by atoms with E-state index in [4.69, 9.17) is 19.4 Å². The molecule has 0 atom stereocenters. The first kappa shape index (κ1) is 11.7. The average Bonchev–Trinajstić information content (AvgIpc) is 2.40. The number of hydrogen-bond donors (Lipinski definition) is 1. The number of nitrogens with zero attached hydrogens (tertiary/aromatic N) is 1. The topological polar surface area (TPSA) is 52.3 Å². The van der Waals surface area contributed by atoms with Gasteiger partial charge in [-0.05, 0) is 12.5 Å². The Labute approximate surface area is 99.3 Å². The molecule has 1 saturated heterocycles. The fourth-order valence-electron chi connectivity index (χ4n) is 1.75. The molecule has 0 unspecified atom stereocenters. The van der Waals surface area contributed by atoms with Crippen molar-refractivity contribution < 1.29 is 19.4 Å². The van der Waals surface area contributed by atoms with Crippen molar-refractivity contribution in [3.8, 4) is 11.8 Å². The monoisotopic (exact) mass is 236 g/mol. The van der Waals surface area contributed by atoms with Gasteiger partial charge in [0.2, 0.25) is 5.01 Å². The first-order valence-corrected chi connectivity index (χ1v) is 5.37. The highest BCUT2D eigenvalue weighted by Gasteiger charge is 2.24. The summed E-state index contributed by atoms with van der Waals surface area (Å²) in [5, 5.41) is 11.6. The summed E-state index contributed by atoms with van der Waals surface area (Å²) >= 11 is 0. The molecule has 1 aliphatic heterocycles. The zero-order chi connectivity index (χ0) is 12.1. The molecule has 0 bridgehead atoms. The molecule has 1 fully saturated rings. The van der Waals surface area contributed by atoms with E-state index in [1.807, 2.05) is 12.1 Å². The maximum Gasteiger partial charge on any atom is 0.392 e. The predicted octanol–water partition coefficient (Wildman–Crippen LogP) is 2.20. The Morgan fingerprint density at radius 1 is 1.41 bits per heavy atom. The Bertz CT molecular complexity index is 444. The number of ether oxygens (including phenoxy) is 3. The summed E-state index contributed by atoms with van der Waals surface area (Å²) in [7, 11) is 1.55. The second kappa shape index (κ2) is 5.53. The zero-order valence-electron chi connectivity index (χ0n) is 9.55. The predicted molar refractivity (Wildman–Crippen MR) is 60.4 cm³/mol. The summed E-state index contributed by atoms with van der Waals surface area (Å²) in [5.41, 5.74) is 1.30. The quantitative estimate of drug-likeness (QED) is 0.800. The number of hydrogen-bond acceptors (Lipinski definition) is 4. The van der Waals surface area contributed by atoms with E-state index in [-0.39, 0.29) is 0 Å². The van der Waals surface area contributed by atoms with Gasteiger partial charge in [0, 0.05) is 5.56 Å². The highest BCUT2D eigenvalue weighted by atomic mass is 16.7. The van der Waals surface area contributed by atoms with Gasteiger partial charge in [-0.1, -0.05) is 12.1 Å². The first-order valence-electron chi connectivity index (χ1n) is 5.37. The fraction of sp³-hybridized carbons (Fsp3) is 0.417. The van der Waals surface area contributed by atoms with Crippen molar-refractivity contribution in [3.05, 3.63) is 34.3 Å². The van der Waals surface area contributed by atoms with Crippen molar-refractivity contribution in [3.63, 3.8) is 0 Å². The minimum atomic E-state index is -0.455. The number of benzene rings is 1. The molecule has 0 aromatic heterocycles. The van der Waals surface area contributed by atoms with Crippen LogP contribution in [0.15, 0.2) is 18.2 Å². The van der Waals surface area contributed by atoms with E-state index < -0.39 is 6.29 Å². The third-order valence-corrected chi connectivity index (χ3v) is 2.52. The Morgan fingerprint density at radius 3 is 2.82 bits per heavy atom. The van der Waals surface area contributed by atoms with Crippen LogP contribution in [0.4, 0.5) is 0 Å². The summed E-state index contributed by atoms with van der Waals surface area (Å²) in [6, 6.07) is 7.92. The highest BCUT2D eigenvalue weighted by molar-refractivity contribution is 5.50. The highest BCUT2D eigenvalue weighted by Crippen LogP contribution is 2.30. The normalized spacial score (nSPS) is 16.1. The van der Waals surface area contributed by atoms with Crippen molar-refractivity contribution in [2.75, 3.05) is 20.3 Å². The van der Waals surface area contributed by atoms with E-state index in [0.29, 0.717) is 24.5 Å². The van der Waals surface area contributed by atoms with E-state index in [1.54, 1.807) is 13.2 Å². The van der Waals surface area contributed by atoms with Crippen molar-refractivity contribution in [1.29, 1.82) is 0 Å². The average molecular weight is 236 g/mol. The molecular weight excluding hydrogens is 222 g/mol. The molecule has 90 valence electrons. The minimum absolute atomic E-state index is 0.455. The fourth-order valence-corrected chi connectivity index (χ4v) is 1.75. The lowest BCUT2D eigenvalue weighted by Gasteiger charge is -2.24. The largest absolute Gasteiger partial charge is 0.495 e. The van der Waals surface area contributed by atoms with Gasteiger partial charge in [-0.2, -0.15) is 5.21 Å². The molecule has 1 N–H and O–H groups in total. The van der Waals surface area contributed by atoms with Gasteiger partial charge < -0.3 is 14.2 Å². The molecule has 1 aliphatic rings. The summed E-state index contributed by atoms with van der Waals surface area (Å²) < 4.78 is 16.2. The molecule has 0 saturated carbocycles. The van der Waals surface area contributed by atoms with Crippen molar-refractivity contribution in [1.82, 2.24) is 0 Å². The van der Waals surface area contributed by atoms with Crippen LogP contribution in [0, 0.1) is 6.07 Å². The van der Waals surface area contributed by atoms with Crippen LogP contribution in [0.25, 0.3) is 5.01 Å². The second-order valence-corrected chi connectivity index (χ2v) is 3.56. The summed E-state index contributed by atoms with van der Waals surface area (Å²) in [6.45, 7) is 1.30. The van der Waals surface area contributed by atoms with Gasteiger partial charge in [0.1, 0.15) is 5.75 Å². The maximum absolute atomic E-state index is 8.64. The molecule has 1 heterocycles. The SMILES string of the molecule is COc1cccc(C2OCCCO2)c1C#[N+]O. The van der Waals surface area contributed by atoms with Crippen LogP contribution < -0.4 is 4.74 Å². The summed E-state index contributed by atoms with van der Waals surface area (Å²) in [5.74, 6) is 0.568. The third-order valence-electron chi connectivity index (χ3n) is 2.52. The van der Waals surface area contributed by atoms with Gasteiger partial charge in [-0.25, -0.2) is 0 Å². The molecule has 2 rings (SSSR count). The van der Waals surface area contributed by atoms with Gasteiger partial charge in [0.05, 0.1) is 20.3 Å². The Balaban J connectivity index is 2.39. The van der Waals surface area contributed by atoms with E-state index in [1.165, 1.54) is 0 Å². The molecular formula is C12H14NO4+. The minimum Gasteiger partial charge on any atom is -0.495 e. The van der Waals surface area contributed by atoms with Gasteiger partial charge in [-0.15, -0.1) is 0 Å². The maximum atomic E-state index is 8.64. The molecule has 0 aliphatic carbocycles. The molecule has 0 radical (unpaired) electrons. The molecule has 5 nitrogen and oxygen atoms in total. The van der Waals surface area contributed by atoms with Crippen molar-refractivity contribution >= 4 is 0 Å². The van der Waals surface area contributed by atoms with Crippen LogP contribution in [0.1, 0.15) is 23.8 Å². The van der Waals surface area contributed by atoms with E-state index in [2.05, 4.69) is 11.1 Å². The van der Waals surface area contributed by atoms with Crippen LogP contribution in [-0.2, 0) is 9.47 Å². The van der Waals surface area contributed by atoms with Crippen LogP contribution >= 0.6 is 0 Å². The lowest BCUT2D eigenvalue weighted by Crippen LogP contribution is -2.18. The van der Waals surface area contributed by atoms with Gasteiger partial charge >= 0.3 is 6.07 Å². The van der Waals surface area contributed by atoms with Crippen molar-refractivity contribution in [2.24, 2.45) is 0 Å². The summed E-state index contributed by atoms with van der Waals surface area (Å²) in [6.07, 6.45) is 0.427. The van der Waals surface area contributed by atoms with Gasteiger partial charge in [0.25, 0.3) is 0 Å². The zero-order valence-corrected chi connectivity index (χ0v) is 9.55. The standard InChI is InChI=1S/C12H13NO4/c1-15-11-5-2-4-9(10(11)8-13-14)12-16-6-3-7-17-12/h2,4-5,12H,3,6-7H2,1H3/p+1. The van der Waals surface area contributed by atoms with Crippen molar-refractivity contribution in [2.45, 2.75) is 12.7 Å². The molecule has 1 aromatic rings. The lowest BCUT2D eigenvalue weighted by atomic mass is 10.1. The molecule has 0 amide bonds. The van der Waals surface area contributed by atoms with E-state index >= 15 is 0 Å². The van der Waals surface area contributed by atoms with Gasteiger partial charge in [0.15, 0.2) is 11.9 Å². The summed E-state index contributed by atoms with van der Waals surface area (Å²) in [4.78, 5) is 0. The van der Waals surface area contributed by atoms with Gasteiger partial charge in [-0.3, -0.25) is 0 Å². The Hall–Kier alpha value is -1.77. The molecule has 1 aromatic carbocycles. The smallest absolute Gasteiger partial charge is 0.392 e. The molecule has 0 spiro atoms. The van der Waals surface area contributed by atoms with Crippen LogP contribution in [0.5, 0.6) is 5.75 Å². The van der Waals surface area contributed by atoms with Crippen LogP contribution in [0.2, 0.25) is 0 Å². The lowest BCUT2D eigenvalue weighted by molar-refractivity contribution is -0.183. The van der Waals surface area contributed by atoms with Crippen LogP contribution in [-0.4, -0.2) is 25.5 Å². The van der Waals surface area contributed by atoms with E-state index in [9.17, 15) is 0 Å². The first-order chi connectivity index (χ1) is 8.36.